The molecule has 3 atom stereocenters. The number of nitrogens with one attached hydrogen (secondary N) is 1. The minimum atomic E-state index is 0.0170. The highest BCUT2D eigenvalue weighted by Crippen LogP contribution is 2.51. The molecule has 0 radical (unpaired) electrons. The number of piperidine rings is 1. The Morgan fingerprint density at radius 1 is 1.25 bits per heavy atom. The molecule has 1 aliphatic carbocycles. The first-order valence-electron chi connectivity index (χ1n) is 8.71. The van der Waals surface area contributed by atoms with Crippen LogP contribution in [0.3, 0.4) is 0 Å². The highest BCUT2D eigenvalue weighted by atomic mass is 16.2. The molecule has 0 spiro atoms. The zero-order valence-corrected chi connectivity index (χ0v) is 14.2. The number of hydrogen-bond acceptors (Lipinski definition) is 2. The maximum atomic E-state index is 12.6. The standard InChI is InChI=1S/C20H23N3O/c1-13-6-7-15(11-17(13)19-5-3-4-9-21-19)22-20(24)23-10-8-16-14(2)18(16)12-23/h3-7,9,11,14,16,18H,8,10,12H2,1-2H3,(H,22,24)/t14-,16+,18?/m0/s1. The number of aromatic nitrogens is 1. The van der Waals surface area contributed by atoms with Crippen molar-refractivity contribution in [2.24, 2.45) is 17.8 Å². The number of benzene rings is 1. The van der Waals surface area contributed by atoms with Crippen LogP contribution in [0.4, 0.5) is 10.5 Å². The summed E-state index contributed by atoms with van der Waals surface area (Å²) in [6.07, 6.45) is 2.94. The fourth-order valence-electron chi connectivity index (χ4n) is 3.95. The SMILES string of the molecule is Cc1ccc(NC(=O)N2CC[C@H]3C(C2)[C@H]3C)cc1-c1ccccn1. The maximum absolute atomic E-state index is 12.6. The third-order valence-electron chi connectivity index (χ3n) is 5.64. The monoisotopic (exact) mass is 321 g/mol. The molecule has 2 aromatic rings. The Hall–Kier alpha value is -2.36. The van der Waals surface area contributed by atoms with Crippen LogP contribution < -0.4 is 5.32 Å². The molecule has 1 saturated carbocycles. The van der Waals surface area contributed by atoms with E-state index in [1.54, 1.807) is 6.20 Å². The smallest absolute Gasteiger partial charge is 0.321 e. The molecule has 1 N–H and O–H groups in total. The molecule has 2 amide bonds. The summed E-state index contributed by atoms with van der Waals surface area (Å²) >= 11 is 0. The van der Waals surface area contributed by atoms with Gasteiger partial charge in [0, 0.05) is 30.5 Å². The van der Waals surface area contributed by atoms with Crippen LogP contribution >= 0.6 is 0 Å². The van der Waals surface area contributed by atoms with Crippen molar-refractivity contribution in [2.75, 3.05) is 18.4 Å². The highest BCUT2D eigenvalue weighted by molar-refractivity contribution is 5.90. The number of urea groups is 1. The fourth-order valence-corrected chi connectivity index (χ4v) is 3.95. The van der Waals surface area contributed by atoms with Crippen LogP contribution in [0, 0.1) is 24.7 Å². The topological polar surface area (TPSA) is 45.2 Å². The second-order valence-corrected chi connectivity index (χ2v) is 7.10. The quantitative estimate of drug-likeness (QED) is 0.902. The average Bonchev–Trinajstić information content (AvgIpc) is 3.27. The van der Waals surface area contributed by atoms with E-state index in [-0.39, 0.29) is 6.03 Å². The zero-order valence-electron chi connectivity index (χ0n) is 14.2. The molecule has 1 unspecified atom stereocenters. The van der Waals surface area contributed by atoms with Gasteiger partial charge in [-0.15, -0.1) is 0 Å². The van der Waals surface area contributed by atoms with Crippen molar-refractivity contribution in [2.45, 2.75) is 20.3 Å². The summed E-state index contributed by atoms with van der Waals surface area (Å²) in [4.78, 5) is 19.0. The molecule has 1 aliphatic heterocycles. The number of aryl methyl sites for hydroxylation is 1. The van der Waals surface area contributed by atoms with Gasteiger partial charge in [0.05, 0.1) is 5.69 Å². The van der Waals surface area contributed by atoms with Crippen molar-refractivity contribution in [3.8, 4) is 11.3 Å². The second-order valence-electron chi connectivity index (χ2n) is 7.10. The molecular weight excluding hydrogens is 298 g/mol. The molecule has 4 nitrogen and oxygen atoms in total. The predicted molar refractivity (Wildman–Crippen MR) is 95.8 cm³/mol. The Labute approximate surface area is 142 Å². The molecule has 2 fully saturated rings. The largest absolute Gasteiger partial charge is 0.324 e. The Kier molecular flexibility index (Phi) is 3.75. The third kappa shape index (κ3) is 2.77. The first kappa shape index (κ1) is 15.2. The number of likely N-dealkylation sites (tertiary alicyclic amines) is 1. The van der Waals surface area contributed by atoms with Gasteiger partial charge in [-0.25, -0.2) is 4.79 Å². The molecule has 1 saturated heterocycles. The van der Waals surface area contributed by atoms with Crippen LogP contribution in [-0.4, -0.2) is 29.0 Å². The van der Waals surface area contributed by atoms with E-state index in [9.17, 15) is 4.79 Å². The van der Waals surface area contributed by atoms with E-state index in [0.717, 1.165) is 53.9 Å². The molecule has 1 aromatic heterocycles. The van der Waals surface area contributed by atoms with E-state index in [4.69, 9.17) is 0 Å². The maximum Gasteiger partial charge on any atom is 0.321 e. The number of carbonyl (C=O) groups is 1. The molecule has 2 heterocycles. The van der Waals surface area contributed by atoms with Gasteiger partial charge in [0.25, 0.3) is 0 Å². The summed E-state index contributed by atoms with van der Waals surface area (Å²) in [6.45, 7) is 6.14. The lowest BCUT2D eigenvalue weighted by Crippen LogP contribution is -2.39. The van der Waals surface area contributed by atoms with Gasteiger partial charge in [-0.2, -0.15) is 0 Å². The summed E-state index contributed by atoms with van der Waals surface area (Å²) in [5, 5.41) is 3.06. The molecule has 4 rings (SSSR count). The Balaban J connectivity index is 1.49. The Bertz CT molecular complexity index is 759. The summed E-state index contributed by atoms with van der Waals surface area (Å²) in [6, 6.07) is 11.9. The van der Waals surface area contributed by atoms with Crippen molar-refractivity contribution in [3.05, 3.63) is 48.2 Å². The minimum Gasteiger partial charge on any atom is -0.324 e. The lowest BCUT2D eigenvalue weighted by Gasteiger charge is -2.26. The minimum absolute atomic E-state index is 0.0170. The number of carbonyl (C=O) groups excluding carboxylic acids is 1. The summed E-state index contributed by atoms with van der Waals surface area (Å²) < 4.78 is 0. The van der Waals surface area contributed by atoms with Gasteiger partial charge in [-0.1, -0.05) is 19.1 Å². The second kappa shape index (κ2) is 5.93. The van der Waals surface area contributed by atoms with E-state index in [2.05, 4.69) is 24.1 Å². The van der Waals surface area contributed by atoms with Crippen LogP contribution in [0.2, 0.25) is 0 Å². The molecule has 124 valence electrons. The van der Waals surface area contributed by atoms with E-state index >= 15 is 0 Å². The van der Waals surface area contributed by atoms with Crippen LogP contribution in [0.15, 0.2) is 42.6 Å². The van der Waals surface area contributed by atoms with Crippen molar-refractivity contribution >= 4 is 11.7 Å². The number of anilines is 1. The van der Waals surface area contributed by atoms with Crippen LogP contribution in [0.25, 0.3) is 11.3 Å². The Morgan fingerprint density at radius 2 is 2.12 bits per heavy atom. The van der Waals surface area contributed by atoms with Crippen molar-refractivity contribution in [3.63, 3.8) is 0 Å². The lowest BCUT2D eigenvalue weighted by atomic mass is 10.0. The predicted octanol–water partition coefficient (Wildman–Crippen LogP) is 4.18. The van der Waals surface area contributed by atoms with E-state index in [1.165, 1.54) is 0 Å². The van der Waals surface area contributed by atoms with Gasteiger partial charge in [0.2, 0.25) is 0 Å². The number of rotatable bonds is 2. The van der Waals surface area contributed by atoms with Crippen molar-refractivity contribution in [1.82, 2.24) is 9.88 Å². The summed E-state index contributed by atoms with van der Waals surface area (Å²) in [7, 11) is 0. The van der Waals surface area contributed by atoms with Gasteiger partial charge < -0.3 is 10.2 Å². The van der Waals surface area contributed by atoms with Gasteiger partial charge in [-0.3, -0.25) is 4.98 Å². The first-order valence-corrected chi connectivity index (χ1v) is 8.71. The van der Waals surface area contributed by atoms with Crippen molar-refractivity contribution < 1.29 is 4.79 Å². The van der Waals surface area contributed by atoms with Gasteiger partial charge >= 0.3 is 6.03 Å². The number of amides is 2. The Morgan fingerprint density at radius 3 is 2.88 bits per heavy atom. The van der Waals surface area contributed by atoms with E-state index in [0.29, 0.717) is 5.92 Å². The number of fused-ring (bicyclic) bond motifs is 1. The van der Waals surface area contributed by atoms with Crippen LogP contribution in [0.5, 0.6) is 0 Å². The summed E-state index contributed by atoms with van der Waals surface area (Å²) in [5.74, 6) is 2.36. The molecule has 4 heteroatoms. The molecule has 0 bridgehead atoms. The van der Waals surface area contributed by atoms with Gasteiger partial charge in [-0.05, 0) is 60.9 Å². The molecule has 2 aliphatic rings. The average molecular weight is 321 g/mol. The number of hydrogen-bond donors (Lipinski definition) is 1. The van der Waals surface area contributed by atoms with Crippen molar-refractivity contribution in [1.29, 1.82) is 0 Å². The van der Waals surface area contributed by atoms with Gasteiger partial charge in [0.1, 0.15) is 0 Å². The van der Waals surface area contributed by atoms with Crippen LogP contribution in [0.1, 0.15) is 18.9 Å². The normalized spacial score (nSPS) is 25.1. The lowest BCUT2D eigenvalue weighted by molar-refractivity contribution is 0.197. The summed E-state index contributed by atoms with van der Waals surface area (Å²) in [5.41, 5.74) is 3.97. The number of nitrogens with zero attached hydrogens (tertiary/aromatic N) is 2. The molecule has 1 aromatic carbocycles. The van der Waals surface area contributed by atoms with Gasteiger partial charge in [0.15, 0.2) is 0 Å². The first-order chi connectivity index (χ1) is 11.6. The van der Waals surface area contributed by atoms with Crippen LogP contribution in [-0.2, 0) is 0 Å². The number of pyridine rings is 1. The van der Waals surface area contributed by atoms with E-state index in [1.807, 2.05) is 41.3 Å². The van der Waals surface area contributed by atoms with E-state index < -0.39 is 0 Å². The third-order valence-corrected chi connectivity index (χ3v) is 5.64. The highest BCUT2D eigenvalue weighted by Gasteiger charge is 2.50. The fraction of sp³-hybridized carbons (Fsp3) is 0.400. The molecule has 24 heavy (non-hydrogen) atoms. The zero-order chi connectivity index (χ0) is 16.7. The molecular formula is C20H23N3O.